The van der Waals surface area contributed by atoms with Crippen molar-refractivity contribution in [1.82, 2.24) is 14.8 Å². The second-order valence-electron chi connectivity index (χ2n) is 7.98. The summed E-state index contributed by atoms with van der Waals surface area (Å²) in [4.78, 5) is 14.7. The van der Waals surface area contributed by atoms with Crippen LogP contribution in [0.15, 0.2) is 66.9 Å². The molecule has 30 heavy (non-hydrogen) atoms. The van der Waals surface area contributed by atoms with Crippen LogP contribution in [-0.2, 0) is 12.1 Å². The molecule has 0 aliphatic carbocycles. The summed E-state index contributed by atoms with van der Waals surface area (Å²) < 4.78 is 7.54. The zero-order chi connectivity index (χ0) is 20.6. The lowest BCUT2D eigenvalue weighted by molar-refractivity contribution is 0.162. The molecule has 3 heterocycles. The summed E-state index contributed by atoms with van der Waals surface area (Å²) in [5.41, 5.74) is 4.50. The van der Waals surface area contributed by atoms with Crippen LogP contribution >= 0.6 is 0 Å². The van der Waals surface area contributed by atoms with Crippen molar-refractivity contribution in [3.05, 3.63) is 78.1 Å². The van der Waals surface area contributed by atoms with Gasteiger partial charge in [0.05, 0.1) is 24.0 Å². The van der Waals surface area contributed by atoms with Crippen molar-refractivity contribution in [2.24, 2.45) is 0 Å². The number of anilines is 1. The molecule has 0 radical (unpaired) electrons. The number of likely N-dealkylation sites (tertiary alicyclic amines) is 1. The number of hydrogen-bond acceptors (Lipinski definition) is 3. The van der Waals surface area contributed by atoms with Gasteiger partial charge in [-0.1, -0.05) is 24.3 Å². The van der Waals surface area contributed by atoms with E-state index in [-0.39, 0.29) is 11.6 Å². The Morgan fingerprint density at radius 2 is 1.93 bits per heavy atom. The minimum Gasteiger partial charge on any atom is -0.497 e. The number of urea groups is 1. The molecule has 0 saturated carbocycles. The number of rotatable bonds is 3. The molecule has 5 rings (SSSR count). The lowest BCUT2D eigenvalue weighted by Gasteiger charge is -2.46. The molecular formula is C24H26N4O2. The molecule has 2 amide bonds. The van der Waals surface area contributed by atoms with Crippen LogP contribution in [0.25, 0.3) is 5.69 Å². The molecule has 1 aromatic heterocycles. The van der Waals surface area contributed by atoms with Crippen molar-refractivity contribution in [2.75, 3.05) is 25.5 Å². The minimum atomic E-state index is -0.137. The third kappa shape index (κ3) is 3.18. The van der Waals surface area contributed by atoms with E-state index in [0.717, 1.165) is 29.8 Å². The first kappa shape index (κ1) is 18.6. The van der Waals surface area contributed by atoms with Crippen LogP contribution in [0.1, 0.15) is 24.1 Å². The monoisotopic (exact) mass is 402 g/mol. The molecule has 1 spiro atoms. The highest BCUT2D eigenvalue weighted by molar-refractivity contribution is 5.74. The number of fused-ring (bicyclic) bond motifs is 4. The maximum Gasteiger partial charge on any atom is 0.317 e. The number of methoxy groups -OCH3 is 1. The van der Waals surface area contributed by atoms with Crippen LogP contribution < -0.4 is 15.4 Å². The van der Waals surface area contributed by atoms with Crippen molar-refractivity contribution in [3.63, 3.8) is 0 Å². The van der Waals surface area contributed by atoms with E-state index in [1.807, 2.05) is 29.2 Å². The number of piperidine rings is 1. The third-order valence-electron chi connectivity index (χ3n) is 6.26. The number of amides is 2. The van der Waals surface area contributed by atoms with Crippen molar-refractivity contribution in [2.45, 2.75) is 24.9 Å². The number of hydrogen-bond donors (Lipinski definition) is 2. The van der Waals surface area contributed by atoms with Crippen LogP contribution in [0.3, 0.4) is 0 Å². The van der Waals surface area contributed by atoms with Gasteiger partial charge in [-0.25, -0.2) is 4.79 Å². The summed E-state index contributed by atoms with van der Waals surface area (Å²) in [5.74, 6) is 0.799. The topological polar surface area (TPSA) is 58.5 Å². The van der Waals surface area contributed by atoms with Gasteiger partial charge in [-0.05, 0) is 54.8 Å². The van der Waals surface area contributed by atoms with Crippen LogP contribution in [0.5, 0.6) is 5.75 Å². The van der Waals surface area contributed by atoms with Crippen LogP contribution in [-0.4, -0.2) is 35.7 Å². The first-order valence-corrected chi connectivity index (χ1v) is 10.4. The van der Waals surface area contributed by atoms with Gasteiger partial charge in [-0.15, -0.1) is 0 Å². The van der Waals surface area contributed by atoms with Gasteiger partial charge in [0.15, 0.2) is 0 Å². The van der Waals surface area contributed by atoms with Gasteiger partial charge >= 0.3 is 6.03 Å². The summed E-state index contributed by atoms with van der Waals surface area (Å²) in [6, 6.07) is 20.5. The Kier molecular flexibility index (Phi) is 4.62. The number of carbonyl (C=O) groups is 1. The van der Waals surface area contributed by atoms with Gasteiger partial charge in [0.25, 0.3) is 0 Å². The molecule has 1 fully saturated rings. The standard InChI is InChI=1S/C24H26N4O2/c1-30-19-7-4-6-18(16-19)17-25-23(29)27-14-11-24(12-15-27)22-10-5-13-28(22)21-9-3-2-8-20(21)26-24/h2-10,13,16,26H,11-12,14-15,17H2,1H3,(H,25,29). The quantitative estimate of drug-likeness (QED) is 0.693. The first-order chi connectivity index (χ1) is 14.7. The third-order valence-corrected chi connectivity index (χ3v) is 6.26. The van der Waals surface area contributed by atoms with E-state index in [1.165, 1.54) is 11.4 Å². The molecule has 6 nitrogen and oxygen atoms in total. The number of nitrogens with one attached hydrogen (secondary N) is 2. The van der Waals surface area contributed by atoms with Gasteiger partial charge in [-0.3, -0.25) is 0 Å². The number of aromatic nitrogens is 1. The van der Waals surface area contributed by atoms with Crippen molar-refractivity contribution in [3.8, 4) is 11.4 Å². The van der Waals surface area contributed by atoms with E-state index in [2.05, 4.69) is 57.8 Å². The van der Waals surface area contributed by atoms with E-state index in [0.29, 0.717) is 19.6 Å². The Hall–Kier alpha value is -3.41. The fourth-order valence-corrected chi connectivity index (χ4v) is 4.64. The Morgan fingerprint density at radius 3 is 2.77 bits per heavy atom. The van der Waals surface area contributed by atoms with Crippen LogP contribution in [0.2, 0.25) is 0 Å². The smallest absolute Gasteiger partial charge is 0.317 e. The number of nitrogens with zero attached hydrogens (tertiary/aromatic N) is 2. The zero-order valence-electron chi connectivity index (χ0n) is 17.1. The normalized spacial score (nSPS) is 16.4. The summed E-state index contributed by atoms with van der Waals surface area (Å²) in [7, 11) is 1.65. The summed E-state index contributed by atoms with van der Waals surface area (Å²) in [6.45, 7) is 1.92. The molecule has 154 valence electrons. The van der Waals surface area contributed by atoms with E-state index in [1.54, 1.807) is 7.11 Å². The maximum absolute atomic E-state index is 12.7. The number of para-hydroxylation sites is 2. The SMILES string of the molecule is COc1cccc(CNC(=O)N2CCC3(CC2)Nc2ccccc2-n2cccc23)c1. The minimum absolute atomic E-state index is 0.0146. The predicted octanol–water partition coefficient (Wildman–Crippen LogP) is 4.11. The number of carbonyl (C=O) groups excluding carboxylic acids is 1. The lowest BCUT2D eigenvalue weighted by Crippen LogP contribution is -2.52. The zero-order valence-corrected chi connectivity index (χ0v) is 17.1. The highest BCUT2D eigenvalue weighted by atomic mass is 16.5. The van der Waals surface area contributed by atoms with E-state index < -0.39 is 0 Å². The lowest BCUT2D eigenvalue weighted by atomic mass is 9.82. The Labute approximate surface area is 176 Å². The average molecular weight is 402 g/mol. The van der Waals surface area contributed by atoms with E-state index >= 15 is 0 Å². The highest BCUT2D eigenvalue weighted by Crippen LogP contribution is 2.43. The maximum atomic E-state index is 12.7. The molecule has 2 aromatic carbocycles. The number of benzene rings is 2. The Morgan fingerprint density at radius 1 is 1.10 bits per heavy atom. The fourth-order valence-electron chi connectivity index (χ4n) is 4.64. The van der Waals surface area contributed by atoms with Crippen molar-refractivity contribution in [1.29, 1.82) is 0 Å². The number of ether oxygens (including phenoxy) is 1. The van der Waals surface area contributed by atoms with Gasteiger partial charge in [0.2, 0.25) is 0 Å². The molecule has 2 aliphatic rings. The molecule has 0 unspecified atom stereocenters. The summed E-state index contributed by atoms with van der Waals surface area (Å²) in [5, 5.41) is 6.84. The Balaban J connectivity index is 1.26. The molecule has 0 atom stereocenters. The second kappa shape index (κ2) is 7.44. The van der Waals surface area contributed by atoms with Gasteiger partial charge in [0, 0.05) is 31.5 Å². The Bertz CT molecular complexity index is 1070. The second-order valence-corrected chi connectivity index (χ2v) is 7.98. The summed E-state index contributed by atoms with van der Waals surface area (Å²) in [6.07, 6.45) is 3.87. The van der Waals surface area contributed by atoms with Gasteiger partial charge in [-0.2, -0.15) is 0 Å². The molecule has 0 bridgehead atoms. The molecule has 6 heteroatoms. The largest absolute Gasteiger partial charge is 0.497 e. The van der Waals surface area contributed by atoms with E-state index in [4.69, 9.17) is 4.74 Å². The van der Waals surface area contributed by atoms with Gasteiger partial charge in [0.1, 0.15) is 5.75 Å². The van der Waals surface area contributed by atoms with Crippen molar-refractivity contribution >= 4 is 11.7 Å². The highest BCUT2D eigenvalue weighted by Gasteiger charge is 2.42. The predicted molar refractivity (Wildman–Crippen MR) is 117 cm³/mol. The molecule has 2 N–H and O–H groups in total. The van der Waals surface area contributed by atoms with Crippen LogP contribution in [0.4, 0.5) is 10.5 Å². The molecule has 2 aliphatic heterocycles. The average Bonchev–Trinajstić information content (AvgIpc) is 3.30. The summed E-state index contributed by atoms with van der Waals surface area (Å²) >= 11 is 0. The first-order valence-electron chi connectivity index (χ1n) is 10.4. The van der Waals surface area contributed by atoms with Gasteiger partial charge < -0.3 is 24.8 Å². The molecular weight excluding hydrogens is 376 g/mol. The molecule has 3 aromatic rings. The van der Waals surface area contributed by atoms with E-state index in [9.17, 15) is 4.79 Å². The van der Waals surface area contributed by atoms with Crippen molar-refractivity contribution < 1.29 is 9.53 Å². The fraction of sp³-hybridized carbons (Fsp3) is 0.292. The van der Waals surface area contributed by atoms with Crippen LogP contribution in [0, 0.1) is 0 Å². The molecule has 1 saturated heterocycles.